The van der Waals surface area contributed by atoms with Crippen molar-refractivity contribution in [2.75, 3.05) is 13.1 Å². The third kappa shape index (κ3) is 6.03. The molecule has 0 bridgehead atoms. The molecule has 3 aromatic rings. The van der Waals surface area contributed by atoms with Crippen LogP contribution in [0.2, 0.25) is 10.0 Å². The number of hydrogen-bond acceptors (Lipinski definition) is 5. The molecule has 0 atom stereocenters. The molecule has 1 aliphatic rings. The molecule has 156 valence electrons. The van der Waals surface area contributed by atoms with Crippen LogP contribution in [0, 0.1) is 0 Å². The number of aromatic nitrogens is 1. The molecule has 2 heterocycles. The summed E-state index contributed by atoms with van der Waals surface area (Å²) in [7, 11) is 0. The molecular weight excluding hydrogens is 447 g/mol. The highest BCUT2D eigenvalue weighted by molar-refractivity contribution is 7.19. The third-order valence-corrected chi connectivity index (χ3v) is 6.02. The van der Waals surface area contributed by atoms with Crippen LogP contribution in [0.4, 0.5) is 0 Å². The van der Waals surface area contributed by atoms with E-state index in [9.17, 15) is 0 Å². The molecule has 0 saturated carbocycles. The van der Waals surface area contributed by atoms with E-state index < -0.39 is 11.9 Å². The maximum Gasteiger partial charge on any atom is 0.414 e. The standard InChI is InChI=1S/C19H16Cl2N2S.C2H2O4/c20-15-3-1-13(2-4-15)12-23-9-7-14(8-10-23)19-22-17-11-16(21)5-6-18(17)24-19;3-1(4)2(5)6/h1-7,11H,8-10,12H2;(H,3,4)(H,5,6). The van der Waals surface area contributed by atoms with Gasteiger partial charge < -0.3 is 10.2 Å². The zero-order chi connectivity index (χ0) is 21.7. The van der Waals surface area contributed by atoms with Gasteiger partial charge in [-0.25, -0.2) is 14.6 Å². The van der Waals surface area contributed by atoms with Gasteiger partial charge in [-0.05, 0) is 47.9 Å². The number of fused-ring (bicyclic) bond motifs is 1. The Morgan fingerprint density at radius 3 is 2.30 bits per heavy atom. The van der Waals surface area contributed by atoms with Gasteiger partial charge >= 0.3 is 11.9 Å². The summed E-state index contributed by atoms with van der Waals surface area (Å²) < 4.78 is 1.19. The normalized spacial score (nSPS) is 14.0. The summed E-state index contributed by atoms with van der Waals surface area (Å²) in [5, 5.41) is 17.4. The van der Waals surface area contributed by atoms with E-state index in [1.165, 1.54) is 15.8 Å². The van der Waals surface area contributed by atoms with Crippen molar-refractivity contribution in [3.63, 3.8) is 0 Å². The molecule has 0 unspecified atom stereocenters. The van der Waals surface area contributed by atoms with Gasteiger partial charge in [0.15, 0.2) is 0 Å². The van der Waals surface area contributed by atoms with E-state index in [-0.39, 0.29) is 0 Å². The van der Waals surface area contributed by atoms with Gasteiger partial charge in [0.25, 0.3) is 0 Å². The molecule has 9 heteroatoms. The lowest BCUT2D eigenvalue weighted by Gasteiger charge is -2.25. The van der Waals surface area contributed by atoms with Crippen LogP contribution in [0.3, 0.4) is 0 Å². The lowest BCUT2D eigenvalue weighted by Crippen LogP contribution is -2.27. The molecule has 2 N–H and O–H groups in total. The second kappa shape index (κ2) is 10.0. The zero-order valence-electron chi connectivity index (χ0n) is 15.7. The van der Waals surface area contributed by atoms with Crippen molar-refractivity contribution >= 4 is 62.3 Å². The van der Waals surface area contributed by atoms with Gasteiger partial charge in [-0.2, -0.15) is 0 Å². The van der Waals surface area contributed by atoms with E-state index in [0.29, 0.717) is 0 Å². The molecule has 0 radical (unpaired) electrons. The minimum atomic E-state index is -1.82. The van der Waals surface area contributed by atoms with E-state index >= 15 is 0 Å². The Morgan fingerprint density at radius 1 is 1.03 bits per heavy atom. The van der Waals surface area contributed by atoms with Crippen LogP contribution in [0.25, 0.3) is 15.8 Å². The Balaban J connectivity index is 0.000000377. The molecule has 0 amide bonds. The first-order valence-electron chi connectivity index (χ1n) is 9.00. The topological polar surface area (TPSA) is 90.7 Å². The van der Waals surface area contributed by atoms with E-state index in [4.69, 9.17) is 48.0 Å². The highest BCUT2D eigenvalue weighted by Crippen LogP contribution is 2.32. The molecule has 0 fully saturated rings. The fourth-order valence-corrected chi connectivity index (χ4v) is 4.24. The molecule has 1 aliphatic heterocycles. The van der Waals surface area contributed by atoms with Gasteiger partial charge in [-0.3, -0.25) is 4.90 Å². The molecule has 1 aromatic heterocycles. The lowest BCUT2D eigenvalue weighted by atomic mass is 10.1. The van der Waals surface area contributed by atoms with Crippen LogP contribution in [0.1, 0.15) is 17.0 Å². The Kier molecular flexibility index (Phi) is 7.44. The summed E-state index contributed by atoms with van der Waals surface area (Å²) >= 11 is 13.8. The fourth-order valence-electron chi connectivity index (χ4n) is 2.94. The largest absolute Gasteiger partial charge is 0.473 e. The summed E-state index contributed by atoms with van der Waals surface area (Å²) in [4.78, 5) is 25.4. The van der Waals surface area contributed by atoms with Gasteiger partial charge in [0.2, 0.25) is 0 Å². The number of carboxylic acids is 2. The minimum Gasteiger partial charge on any atom is -0.473 e. The van der Waals surface area contributed by atoms with Crippen molar-refractivity contribution in [2.24, 2.45) is 0 Å². The summed E-state index contributed by atoms with van der Waals surface area (Å²) in [6.07, 6.45) is 3.33. The van der Waals surface area contributed by atoms with Crippen LogP contribution in [0.5, 0.6) is 0 Å². The minimum absolute atomic E-state index is 0.742. The molecule has 0 saturated heterocycles. The van der Waals surface area contributed by atoms with Crippen molar-refractivity contribution in [1.82, 2.24) is 9.88 Å². The number of hydrogen-bond donors (Lipinski definition) is 2. The summed E-state index contributed by atoms with van der Waals surface area (Å²) in [6, 6.07) is 14.0. The predicted molar refractivity (Wildman–Crippen MR) is 119 cm³/mol. The fraction of sp³-hybridized carbons (Fsp3) is 0.190. The number of carboxylic acid groups (broad SMARTS) is 2. The monoisotopic (exact) mass is 464 g/mol. The SMILES string of the molecule is Clc1ccc(CN2CC=C(c3nc4cc(Cl)ccc4s3)CC2)cc1.O=C(O)C(=O)O. The zero-order valence-corrected chi connectivity index (χ0v) is 18.0. The first kappa shape index (κ1) is 22.2. The molecule has 0 aliphatic carbocycles. The Morgan fingerprint density at radius 2 is 1.70 bits per heavy atom. The van der Waals surface area contributed by atoms with Crippen molar-refractivity contribution in [2.45, 2.75) is 13.0 Å². The Labute approximate surface area is 187 Å². The van der Waals surface area contributed by atoms with Crippen molar-refractivity contribution in [3.8, 4) is 0 Å². The van der Waals surface area contributed by atoms with Crippen molar-refractivity contribution in [3.05, 3.63) is 69.2 Å². The maximum absolute atomic E-state index is 9.10. The van der Waals surface area contributed by atoms with Crippen LogP contribution in [0.15, 0.2) is 48.5 Å². The van der Waals surface area contributed by atoms with Crippen molar-refractivity contribution in [1.29, 1.82) is 0 Å². The maximum atomic E-state index is 9.10. The van der Waals surface area contributed by atoms with E-state index in [1.54, 1.807) is 11.3 Å². The van der Waals surface area contributed by atoms with Crippen LogP contribution >= 0.6 is 34.5 Å². The third-order valence-electron chi connectivity index (χ3n) is 4.42. The van der Waals surface area contributed by atoms with Crippen LogP contribution in [-0.2, 0) is 16.1 Å². The first-order valence-corrected chi connectivity index (χ1v) is 10.6. The Bertz CT molecular complexity index is 1080. The predicted octanol–water partition coefficient (Wildman–Crippen LogP) is 5.05. The Hall–Kier alpha value is -2.45. The van der Waals surface area contributed by atoms with Gasteiger partial charge in [-0.1, -0.05) is 41.4 Å². The van der Waals surface area contributed by atoms with E-state index in [2.05, 4.69) is 29.2 Å². The number of aliphatic carboxylic acids is 2. The lowest BCUT2D eigenvalue weighted by molar-refractivity contribution is -0.159. The van der Waals surface area contributed by atoms with Gasteiger partial charge in [0, 0.05) is 29.7 Å². The number of carbonyl (C=O) groups is 2. The average Bonchev–Trinajstić information content (AvgIpc) is 3.14. The van der Waals surface area contributed by atoms with E-state index in [0.717, 1.165) is 46.6 Å². The van der Waals surface area contributed by atoms with Crippen LogP contribution < -0.4 is 0 Å². The highest BCUT2D eigenvalue weighted by Gasteiger charge is 2.16. The van der Waals surface area contributed by atoms with Gasteiger partial charge in [0.1, 0.15) is 5.01 Å². The summed E-state index contributed by atoms with van der Waals surface area (Å²) in [5.74, 6) is -3.65. The summed E-state index contributed by atoms with van der Waals surface area (Å²) in [6.45, 7) is 2.95. The number of benzene rings is 2. The van der Waals surface area contributed by atoms with Crippen molar-refractivity contribution < 1.29 is 19.8 Å². The second-order valence-corrected chi connectivity index (χ2v) is 8.49. The number of nitrogens with zero attached hydrogens (tertiary/aromatic N) is 2. The van der Waals surface area contributed by atoms with Gasteiger partial charge in [0.05, 0.1) is 10.2 Å². The molecule has 6 nitrogen and oxygen atoms in total. The molecule has 2 aromatic carbocycles. The molecule has 4 rings (SSSR count). The summed E-state index contributed by atoms with van der Waals surface area (Å²) in [5.41, 5.74) is 3.64. The smallest absolute Gasteiger partial charge is 0.414 e. The number of thiazole rings is 1. The van der Waals surface area contributed by atoms with Gasteiger partial charge in [-0.15, -0.1) is 11.3 Å². The first-order chi connectivity index (χ1) is 14.3. The second-order valence-electron chi connectivity index (χ2n) is 6.58. The van der Waals surface area contributed by atoms with Crippen LogP contribution in [-0.4, -0.2) is 45.1 Å². The number of rotatable bonds is 3. The highest BCUT2D eigenvalue weighted by atomic mass is 35.5. The number of halogens is 2. The average molecular weight is 465 g/mol. The quantitative estimate of drug-likeness (QED) is 0.527. The molecule has 0 spiro atoms. The van der Waals surface area contributed by atoms with E-state index in [1.807, 2.05) is 24.3 Å². The molecular formula is C21H18Cl2N2O4S. The molecule has 30 heavy (non-hydrogen) atoms.